The standard InChI is InChI=1S/C21H24FN5O2/c1-2-29-21(28)26-11-8-17(9-12-26)24-20-25-18-7-10-23-13-19(18)27(20)14-15-3-5-16(22)6-4-15/h3-7,10,13,17H,2,8-9,11-12,14H2,1H3,(H,24,25). The molecule has 29 heavy (non-hydrogen) atoms. The van der Waals surface area contributed by atoms with E-state index in [1.54, 1.807) is 29.4 Å². The molecule has 0 bridgehead atoms. The molecule has 7 nitrogen and oxygen atoms in total. The zero-order valence-electron chi connectivity index (χ0n) is 16.3. The van der Waals surface area contributed by atoms with Crippen molar-refractivity contribution in [3.63, 3.8) is 0 Å². The number of likely N-dealkylation sites (tertiary alicyclic amines) is 1. The highest BCUT2D eigenvalue weighted by Gasteiger charge is 2.25. The minimum absolute atomic E-state index is 0.206. The van der Waals surface area contributed by atoms with Crippen LogP contribution < -0.4 is 5.32 Å². The van der Waals surface area contributed by atoms with E-state index in [0.29, 0.717) is 26.2 Å². The van der Waals surface area contributed by atoms with Gasteiger partial charge in [0.15, 0.2) is 0 Å². The van der Waals surface area contributed by atoms with Crippen LogP contribution in [0.15, 0.2) is 42.7 Å². The number of imidazole rings is 1. The Labute approximate surface area is 168 Å². The van der Waals surface area contributed by atoms with Crippen LogP contribution in [0.3, 0.4) is 0 Å². The predicted octanol–water partition coefficient (Wildman–Crippen LogP) is 3.65. The van der Waals surface area contributed by atoms with Gasteiger partial charge in [-0.1, -0.05) is 12.1 Å². The third kappa shape index (κ3) is 4.31. The molecule has 4 rings (SSSR count). The second-order valence-corrected chi connectivity index (χ2v) is 7.12. The second kappa shape index (κ2) is 8.46. The number of ether oxygens (including phenoxy) is 1. The SMILES string of the molecule is CCOC(=O)N1CCC(Nc2nc3ccncc3n2Cc2ccc(F)cc2)CC1. The van der Waals surface area contributed by atoms with Crippen molar-refractivity contribution < 1.29 is 13.9 Å². The average molecular weight is 397 g/mol. The topological polar surface area (TPSA) is 72.3 Å². The predicted molar refractivity (Wildman–Crippen MR) is 108 cm³/mol. The Kier molecular flexibility index (Phi) is 5.59. The molecule has 0 radical (unpaired) electrons. The largest absolute Gasteiger partial charge is 0.450 e. The molecule has 1 aliphatic heterocycles. The van der Waals surface area contributed by atoms with E-state index in [-0.39, 0.29) is 18.0 Å². The van der Waals surface area contributed by atoms with Gasteiger partial charge in [-0.25, -0.2) is 14.2 Å². The van der Waals surface area contributed by atoms with E-state index >= 15 is 0 Å². The van der Waals surface area contributed by atoms with Crippen molar-refractivity contribution in [3.8, 4) is 0 Å². The van der Waals surface area contributed by atoms with Crippen molar-refractivity contribution in [1.29, 1.82) is 0 Å². The summed E-state index contributed by atoms with van der Waals surface area (Å²) in [5, 5.41) is 3.53. The molecule has 0 saturated carbocycles. The van der Waals surface area contributed by atoms with Gasteiger partial charge in [-0.05, 0) is 43.5 Å². The molecule has 1 fully saturated rings. The molecule has 0 unspecified atom stereocenters. The number of hydrogen-bond acceptors (Lipinski definition) is 5. The minimum atomic E-state index is -0.252. The Balaban J connectivity index is 1.51. The molecule has 1 N–H and O–H groups in total. The maximum absolute atomic E-state index is 13.3. The lowest BCUT2D eigenvalue weighted by molar-refractivity contribution is 0.0983. The van der Waals surface area contributed by atoms with Gasteiger partial charge in [0.25, 0.3) is 0 Å². The third-order valence-electron chi connectivity index (χ3n) is 5.16. The Morgan fingerprint density at radius 1 is 1.24 bits per heavy atom. The van der Waals surface area contributed by atoms with E-state index in [2.05, 4.69) is 14.9 Å². The number of carbonyl (C=O) groups is 1. The highest BCUT2D eigenvalue weighted by Crippen LogP contribution is 2.23. The van der Waals surface area contributed by atoms with E-state index in [9.17, 15) is 9.18 Å². The number of hydrogen-bond donors (Lipinski definition) is 1. The summed E-state index contributed by atoms with van der Waals surface area (Å²) in [5.41, 5.74) is 2.76. The summed E-state index contributed by atoms with van der Waals surface area (Å²) in [6.45, 7) is 4.06. The fourth-order valence-electron chi connectivity index (χ4n) is 3.62. The fraction of sp³-hybridized carbons (Fsp3) is 0.381. The third-order valence-corrected chi connectivity index (χ3v) is 5.16. The summed E-state index contributed by atoms with van der Waals surface area (Å²) in [7, 11) is 0. The Bertz CT molecular complexity index is 980. The monoisotopic (exact) mass is 397 g/mol. The number of fused-ring (bicyclic) bond motifs is 1. The number of amides is 1. The molecule has 152 valence electrons. The maximum atomic E-state index is 13.3. The second-order valence-electron chi connectivity index (χ2n) is 7.12. The van der Waals surface area contributed by atoms with Crippen LogP contribution in [0.2, 0.25) is 0 Å². The summed E-state index contributed by atoms with van der Waals surface area (Å²) in [6.07, 6.45) is 4.90. The average Bonchev–Trinajstić information content (AvgIpc) is 3.07. The van der Waals surface area contributed by atoms with Crippen molar-refractivity contribution in [2.45, 2.75) is 32.4 Å². The van der Waals surface area contributed by atoms with Gasteiger partial charge in [-0.3, -0.25) is 4.98 Å². The van der Waals surface area contributed by atoms with Crippen LogP contribution in [0.4, 0.5) is 15.1 Å². The van der Waals surface area contributed by atoms with Gasteiger partial charge in [0.05, 0.1) is 30.4 Å². The van der Waals surface area contributed by atoms with Gasteiger partial charge in [0, 0.05) is 25.3 Å². The van der Waals surface area contributed by atoms with Crippen LogP contribution in [0.1, 0.15) is 25.3 Å². The molecule has 0 aliphatic carbocycles. The number of aromatic nitrogens is 3. The zero-order valence-corrected chi connectivity index (χ0v) is 16.3. The minimum Gasteiger partial charge on any atom is -0.450 e. The Hall–Kier alpha value is -3.16. The molecule has 3 heterocycles. The first kappa shape index (κ1) is 19.2. The molecule has 0 spiro atoms. The quantitative estimate of drug-likeness (QED) is 0.712. The molecule has 1 aliphatic rings. The molecular formula is C21H24FN5O2. The highest BCUT2D eigenvalue weighted by molar-refractivity contribution is 5.77. The smallest absolute Gasteiger partial charge is 0.409 e. The number of nitrogens with zero attached hydrogens (tertiary/aromatic N) is 4. The van der Waals surface area contributed by atoms with Crippen LogP contribution >= 0.6 is 0 Å². The van der Waals surface area contributed by atoms with Gasteiger partial charge in [0.2, 0.25) is 5.95 Å². The summed E-state index contributed by atoms with van der Waals surface area (Å²) in [4.78, 5) is 22.6. The number of anilines is 1. The van der Waals surface area contributed by atoms with Crippen LogP contribution in [-0.4, -0.2) is 51.3 Å². The first-order valence-corrected chi connectivity index (χ1v) is 9.87. The van der Waals surface area contributed by atoms with E-state index < -0.39 is 0 Å². The maximum Gasteiger partial charge on any atom is 0.409 e. The molecule has 8 heteroatoms. The number of piperidine rings is 1. The van der Waals surface area contributed by atoms with Gasteiger partial charge in [0.1, 0.15) is 5.82 Å². The van der Waals surface area contributed by atoms with Crippen LogP contribution in [0.5, 0.6) is 0 Å². The molecule has 0 atom stereocenters. The number of benzene rings is 1. The van der Waals surface area contributed by atoms with Crippen molar-refractivity contribution in [2.75, 3.05) is 25.0 Å². The molecule has 1 saturated heterocycles. The number of rotatable bonds is 5. The first-order chi connectivity index (χ1) is 14.1. The number of pyridine rings is 1. The highest BCUT2D eigenvalue weighted by atomic mass is 19.1. The number of carbonyl (C=O) groups excluding carboxylic acids is 1. The normalized spacial score (nSPS) is 14.9. The molecular weight excluding hydrogens is 373 g/mol. The molecule has 3 aromatic rings. The van der Waals surface area contributed by atoms with Gasteiger partial charge in [-0.15, -0.1) is 0 Å². The number of nitrogens with one attached hydrogen (secondary N) is 1. The fourth-order valence-corrected chi connectivity index (χ4v) is 3.62. The Morgan fingerprint density at radius 2 is 2.00 bits per heavy atom. The van der Waals surface area contributed by atoms with E-state index in [1.165, 1.54) is 12.1 Å². The summed E-state index contributed by atoms with van der Waals surface area (Å²) in [6, 6.07) is 8.57. The van der Waals surface area contributed by atoms with Crippen molar-refractivity contribution in [2.24, 2.45) is 0 Å². The summed E-state index contributed by atoms with van der Waals surface area (Å²) < 4.78 is 20.4. The van der Waals surface area contributed by atoms with Crippen LogP contribution in [0.25, 0.3) is 11.0 Å². The van der Waals surface area contributed by atoms with Crippen LogP contribution in [0, 0.1) is 5.82 Å². The zero-order chi connectivity index (χ0) is 20.2. The summed E-state index contributed by atoms with van der Waals surface area (Å²) in [5.74, 6) is 0.504. The van der Waals surface area contributed by atoms with Crippen molar-refractivity contribution >= 4 is 23.1 Å². The van der Waals surface area contributed by atoms with Gasteiger partial charge >= 0.3 is 6.09 Å². The van der Waals surface area contributed by atoms with E-state index in [1.807, 2.05) is 13.0 Å². The van der Waals surface area contributed by atoms with Crippen molar-refractivity contribution in [3.05, 3.63) is 54.1 Å². The molecule has 1 amide bonds. The lowest BCUT2D eigenvalue weighted by atomic mass is 10.1. The van der Waals surface area contributed by atoms with Gasteiger partial charge in [-0.2, -0.15) is 0 Å². The summed E-state index contributed by atoms with van der Waals surface area (Å²) >= 11 is 0. The lowest BCUT2D eigenvalue weighted by Gasteiger charge is -2.31. The first-order valence-electron chi connectivity index (χ1n) is 9.87. The van der Waals surface area contributed by atoms with Crippen molar-refractivity contribution in [1.82, 2.24) is 19.4 Å². The number of halogens is 1. The lowest BCUT2D eigenvalue weighted by Crippen LogP contribution is -2.42. The van der Waals surface area contributed by atoms with Crippen LogP contribution in [-0.2, 0) is 11.3 Å². The van der Waals surface area contributed by atoms with E-state index in [0.717, 1.165) is 35.4 Å². The molecule has 1 aromatic carbocycles. The van der Waals surface area contributed by atoms with E-state index in [4.69, 9.17) is 9.72 Å². The van der Waals surface area contributed by atoms with Gasteiger partial charge < -0.3 is 19.5 Å². The Morgan fingerprint density at radius 3 is 2.72 bits per heavy atom. The molecule has 2 aromatic heterocycles.